The molecule has 2 heterocycles. The Morgan fingerprint density at radius 2 is 1.80 bits per heavy atom. The van der Waals surface area contributed by atoms with Gasteiger partial charge >= 0.3 is 16.8 Å². The number of aliphatic hydroxyl groups is 3. The highest BCUT2D eigenvalue weighted by molar-refractivity contribution is 7.91. The van der Waals surface area contributed by atoms with Crippen LogP contribution in [0.25, 0.3) is 0 Å². The lowest BCUT2D eigenvalue weighted by atomic mass is 9.69. The molecule has 1 unspecified atom stereocenters. The molecule has 2 aliphatic heterocycles. The van der Waals surface area contributed by atoms with Gasteiger partial charge in [0, 0.05) is 26.9 Å². The number of benzene rings is 3. The van der Waals surface area contributed by atoms with Gasteiger partial charge in [-0.15, -0.1) is 4.18 Å². The first-order chi connectivity index (χ1) is 25.6. The third-order valence-electron chi connectivity index (χ3n) is 10.1. The molecule has 2 aliphatic rings. The molecule has 2 amide bonds. The fraction of sp³-hybridized carbons (Fsp3) is 0.472. The average molecular weight is 794 g/mol. The summed E-state index contributed by atoms with van der Waals surface area (Å²) in [7, 11) is -8.36. The van der Waals surface area contributed by atoms with Crippen molar-refractivity contribution in [3.63, 3.8) is 0 Å². The molecule has 3 aromatic rings. The fourth-order valence-electron chi connectivity index (χ4n) is 7.20. The maximum Gasteiger partial charge on any atom is 0.597 e. The summed E-state index contributed by atoms with van der Waals surface area (Å²) < 4.78 is 71.7. The Kier molecular flexibility index (Phi) is 13.5. The predicted molar refractivity (Wildman–Crippen MR) is 196 cm³/mol. The predicted octanol–water partition coefficient (Wildman–Crippen LogP) is 2.15. The first-order valence-electron chi connectivity index (χ1n) is 17.6. The molecule has 16 nitrogen and oxygen atoms in total. The van der Waals surface area contributed by atoms with Crippen LogP contribution < -0.4 is 22.3 Å². The topological polar surface area (TPSA) is 264 Å². The highest BCUT2D eigenvalue weighted by atomic mass is 32.3. The molecule has 5 rings (SSSR count). The van der Waals surface area contributed by atoms with Gasteiger partial charge in [0.2, 0.25) is 0 Å². The zero-order chi connectivity index (χ0) is 39.3. The zero-order valence-corrected chi connectivity index (χ0v) is 31.7. The van der Waals surface area contributed by atoms with Gasteiger partial charge < -0.3 is 41.2 Å². The number of hydrogen-bond donors (Lipinski definition) is 7. The van der Waals surface area contributed by atoms with Crippen molar-refractivity contribution in [2.45, 2.75) is 93.7 Å². The molecule has 18 heteroatoms. The van der Waals surface area contributed by atoms with Crippen LogP contribution in [-0.2, 0) is 53.9 Å². The van der Waals surface area contributed by atoms with Crippen molar-refractivity contribution in [3.8, 4) is 0 Å². The number of carbonyl (C=O) groups excluding carboxylic acids is 1. The normalized spacial score (nSPS) is 29.0. The van der Waals surface area contributed by atoms with Gasteiger partial charge in [-0.1, -0.05) is 69.2 Å². The van der Waals surface area contributed by atoms with Crippen molar-refractivity contribution < 1.29 is 61.1 Å². The van der Waals surface area contributed by atoms with Crippen molar-refractivity contribution >= 4 is 38.0 Å². The quantitative estimate of drug-likeness (QED) is 0.0704. The number of urea groups is 1. The average Bonchev–Trinajstić information content (AvgIpc) is 3.21. The Morgan fingerprint density at radius 1 is 1.06 bits per heavy atom. The van der Waals surface area contributed by atoms with Crippen LogP contribution in [0.2, 0.25) is 0 Å². The van der Waals surface area contributed by atoms with Crippen molar-refractivity contribution in [1.82, 2.24) is 5.32 Å². The number of fused-ring (bicyclic) bond motifs is 1. The number of unbranched alkanes of at least 4 members (excludes halogenated alkanes) is 1. The van der Waals surface area contributed by atoms with E-state index in [1.807, 2.05) is 13.8 Å². The van der Waals surface area contributed by atoms with Crippen LogP contribution in [0.15, 0.2) is 77.7 Å². The largest absolute Gasteiger partial charge is 0.597 e. The van der Waals surface area contributed by atoms with E-state index in [0.29, 0.717) is 36.1 Å². The van der Waals surface area contributed by atoms with E-state index in [1.165, 1.54) is 12.1 Å². The summed E-state index contributed by atoms with van der Waals surface area (Å²) in [6.07, 6.45) is -6.25. The summed E-state index contributed by atoms with van der Waals surface area (Å²) in [5, 5.41) is 39.6. The van der Waals surface area contributed by atoms with Crippen LogP contribution in [0.1, 0.15) is 62.1 Å². The third kappa shape index (κ3) is 9.46. The summed E-state index contributed by atoms with van der Waals surface area (Å²) in [5.41, 5.74) is 7.38. The molecule has 3 aromatic carbocycles. The molecule has 9 atom stereocenters. The molecular weight excluding hydrogens is 745 g/mol. The van der Waals surface area contributed by atoms with Crippen molar-refractivity contribution in [2.75, 3.05) is 23.4 Å². The van der Waals surface area contributed by atoms with Crippen LogP contribution in [0.3, 0.4) is 0 Å². The number of nitrogens with one attached hydrogen (secondary N) is 2. The van der Waals surface area contributed by atoms with E-state index in [9.17, 15) is 37.3 Å². The standard InChI is InChI=1S/C36H48N4O12S2/c1-3-5-16-36(4-2)21-53(45,46)28-15-14-24(37)18-26(28)29(33(36)43)23-12-9-13-25(17-23)39-35(44)40-34-31(42)32(49-19-22-10-7-6-8-11-22)30(41)27(51-34)20-50-54(47,48)52-38/h6-15,17-18,27,29-34,41-43H,3-5,16,19-21,37H2,1-2,38H3,(H-,39,40,44)/q+1/p+1/t27-,29-,30-,31-,32+,33-,34-,36-/m1/s1. The summed E-state index contributed by atoms with van der Waals surface area (Å²) in [5.74, 6) is 1.76. The molecule has 0 bridgehead atoms. The number of nitrogen functional groups attached to an aromatic ring is 1. The van der Waals surface area contributed by atoms with Crippen LogP contribution >= 0.6 is 0 Å². The number of anilines is 2. The highest BCUT2D eigenvalue weighted by Crippen LogP contribution is 2.49. The zero-order valence-electron chi connectivity index (χ0n) is 30.0. The number of carbonyl (C=O) groups is 1. The van der Waals surface area contributed by atoms with Crippen molar-refractivity contribution in [2.24, 2.45) is 5.41 Å². The van der Waals surface area contributed by atoms with Crippen LogP contribution in [-0.4, -0.2) is 78.9 Å². The molecular formula is C36H49N4O12S2+2. The number of quaternary nitrogens is 1. The summed E-state index contributed by atoms with van der Waals surface area (Å²) in [6, 6.07) is 19.2. The van der Waals surface area contributed by atoms with Gasteiger partial charge in [0.05, 0.1) is 27.6 Å². The molecule has 295 valence electrons. The minimum Gasteiger partial charge on any atom is -0.399 e. The van der Waals surface area contributed by atoms with Gasteiger partial charge in [-0.25, -0.2) is 13.2 Å². The number of sulfone groups is 1. The van der Waals surface area contributed by atoms with E-state index >= 15 is 0 Å². The smallest absolute Gasteiger partial charge is 0.399 e. The SMILES string of the molecule is CCCC[C@]1(CC)CS(=O)(=O)c2ccc(N)cc2[C@@H](c2cccc(NC(=O)N[C@@H]3O[C@H](CO[S+]([O])(=O)O[NH3+])[C@@H](O)[C@H](OCc4ccccc4)[C@H]3O)c2)[C@H]1O. The van der Waals surface area contributed by atoms with E-state index in [4.69, 9.17) is 19.4 Å². The lowest BCUT2D eigenvalue weighted by Crippen LogP contribution is -2.64. The molecule has 0 spiro atoms. The molecule has 0 aromatic heterocycles. The molecule has 10 N–H and O–H groups in total. The van der Waals surface area contributed by atoms with E-state index in [-0.39, 0.29) is 22.9 Å². The summed E-state index contributed by atoms with van der Waals surface area (Å²) >= 11 is 0. The first-order valence-corrected chi connectivity index (χ1v) is 20.6. The maximum absolute atomic E-state index is 13.9. The van der Waals surface area contributed by atoms with Gasteiger partial charge in [-0.2, -0.15) is 5.90 Å². The molecule has 1 saturated heterocycles. The van der Waals surface area contributed by atoms with Crippen LogP contribution in [0, 0.1) is 5.41 Å². The minimum absolute atomic E-state index is 0.0416. The van der Waals surface area contributed by atoms with E-state index < -0.39 is 81.3 Å². The summed E-state index contributed by atoms with van der Waals surface area (Å²) in [4.78, 5) is 13.5. The summed E-state index contributed by atoms with van der Waals surface area (Å²) in [6.45, 7) is 3.07. The second kappa shape index (κ2) is 17.5. The van der Waals surface area contributed by atoms with Gasteiger partial charge in [-0.05, 0) is 59.9 Å². The van der Waals surface area contributed by atoms with Crippen LogP contribution in [0.4, 0.5) is 16.2 Å². The monoisotopic (exact) mass is 793 g/mol. The molecule has 1 fully saturated rings. The molecule has 1 radical (unpaired) electrons. The Hall–Kier alpha value is -3.53. The Labute approximate surface area is 315 Å². The fourth-order valence-corrected chi connectivity index (χ4v) is 9.82. The second-order valence-corrected chi connectivity index (χ2v) is 16.9. The lowest BCUT2D eigenvalue weighted by molar-refractivity contribution is -0.640. The van der Waals surface area contributed by atoms with Gasteiger partial charge in [0.1, 0.15) is 35.6 Å². The maximum atomic E-state index is 13.9. The number of aliphatic hydroxyl groups excluding tert-OH is 3. The van der Waals surface area contributed by atoms with E-state index in [0.717, 1.165) is 12.0 Å². The number of amides is 2. The number of nitrogens with two attached hydrogens (primary N) is 1. The molecule has 0 saturated carbocycles. The third-order valence-corrected chi connectivity index (χ3v) is 12.8. The van der Waals surface area contributed by atoms with Crippen LogP contribution in [0.5, 0.6) is 0 Å². The van der Waals surface area contributed by atoms with E-state index in [1.54, 1.807) is 60.7 Å². The minimum atomic E-state index is -4.53. The van der Waals surface area contributed by atoms with Gasteiger partial charge in [0.15, 0.2) is 16.1 Å². The van der Waals surface area contributed by atoms with Gasteiger partial charge in [0.25, 0.3) is 0 Å². The highest BCUT2D eigenvalue weighted by Gasteiger charge is 2.50. The lowest BCUT2D eigenvalue weighted by Gasteiger charge is -2.42. The Morgan fingerprint density at radius 3 is 2.48 bits per heavy atom. The first kappa shape index (κ1) is 41.6. The Balaban J connectivity index is 1.40. The van der Waals surface area contributed by atoms with Gasteiger partial charge in [-0.3, -0.25) is 0 Å². The molecule has 54 heavy (non-hydrogen) atoms. The van der Waals surface area contributed by atoms with E-state index in [2.05, 4.69) is 20.8 Å². The molecule has 0 aliphatic carbocycles. The number of hydrogen-bond acceptors (Lipinski definition) is 12. The van der Waals surface area contributed by atoms with Crippen molar-refractivity contribution in [3.05, 3.63) is 89.5 Å². The Bertz CT molecular complexity index is 1910. The van der Waals surface area contributed by atoms with Crippen molar-refractivity contribution in [1.29, 1.82) is 0 Å². The number of rotatable bonds is 14. The number of ether oxygens (including phenoxy) is 2. The second-order valence-electron chi connectivity index (χ2n) is 13.7.